The molecule has 3 aromatic rings. The molecule has 0 aliphatic heterocycles. The van der Waals surface area contributed by atoms with Crippen molar-refractivity contribution in [1.29, 1.82) is 0 Å². The van der Waals surface area contributed by atoms with Crippen LogP contribution in [0.5, 0.6) is 0 Å². The third kappa shape index (κ3) is 4.03. The fraction of sp³-hybridized carbons (Fsp3) is 0.211. The molecule has 0 aliphatic carbocycles. The minimum absolute atomic E-state index is 0.313. The van der Waals surface area contributed by atoms with Gasteiger partial charge in [-0.1, -0.05) is 30.3 Å². The molecular formula is C19H20N4O2. The van der Waals surface area contributed by atoms with Crippen molar-refractivity contribution in [3.63, 3.8) is 0 Å². The molecule has 0 saturated carbocycles. The summed E-state index contributed by atoms with van der Waals surface area (Å²) < 4.78 is 8.79. The van der Waals surface area contributed by atoms with Crippen molar-refractivity contribution >= 4 is 17.6 Å². The van der Waals surface area contributed by atoms with E-state index in [1.165, 1.54) is 0 Å². The number of nitrogens with zero attached hydrogens (tertiary/aromatic N) is 4. The molecule has 0 N–H and O–H groups in total. The van der Waals surface area contributed by atoms with Gasteiger partial charge in [0.1, 0.15) is 11.4 Å². The van der Waals surface area contributed by atoms with E-state index in [2.05, 4.69) is 22.2 Å². The SMILES string of the molecule is CCOC(=O)/C(=C/c1cnn(Cc2ccccc2)c1)c1nccn1C. The lowest BCUT2D eigenvalue weighted by molar-refractivity contribution is -0.136. The van der Waals surface area contributed by atoms with Crippen LogP contribution in [-0.2, 0) is 23.1 Å². The minimum Gasteiger partial charge on any atom is -0.462 e. The molecular weight excluding hydrogens is 316 g/mol. The second-order valence-electron chi connectivity index (χ2n) is 5.60. The van der Waals surface area contributed by atoms with Crippen LogP contribution in [0.4, 0.5) is 0 Å². The first-order valence-electron chi connectivity index (χ1n) is 8.10. The molecule has 0 amide bonds. The van der Waals surface area contributed by atoms with Crippen LogP contribution in [0.25, 0.3) is 11.6 Å². The minimum atomic E-state index is -0.396. The molecule has 3 rings (SSSR count). The maximum atomic E-state index is 12.3. The lowest BCUT2D eigenvalue weighted by Gasteiger charge is -2.06. The van der Waals surface area contributed by atoms with Crippen LogP contribution in [0.1, 0.15) is 23.9 Å². The highest BCUT2D eigenvalue weighted by Crippen LogP contribution is 2.18. The van der Waals surface area contributed by atoms with Crippen LogP contribution in [0.3, 0.4) is 0 Å². The van der Waals surface area contributed by atoms with E-state index < -0.39 is 5.97 Å². The molecule has 0 aliphatic rings. The predicted octanol–water partition coefficient (Wildman–Crippen LogP) is 2.77. The summed E-state index contributed by atoms with van der Waals surface area (Å²) in [4.78, 5) is 16.6. The van der Waals surface area contributed by atoms with Crippen LogP contribution < -0.4 is 0 Å². The second-order valence-corrected chi connectivity index (χ2v) is 5.60. The Balaban J connectivity index is 1.88. The molecule has 0 atom stereocenters. The zero-order valence-electron chi connectivity index (χ0n) is 14.3. The first-order chi connectivity index (χ1) is 12.2. The summed E-state index contributed by atoms with van der Waals surface area (Å²) in [6.07, 6.45) is 8.83. The number of rotatable bonds is 6. The highest BCUT2D eigenvalue weighted by atomic mass is 16.5. The Bertz CT molecular complexity index is 878. The van der Waals surface area contributed by atoms with Crippen LogP contribution in [0.2, 0.25) is 0 Å². The third-order valence-corrected chi connectivity index (χ3v) is 3.71. The summed E-state index contributed by atoms with van der Waals surface area (Å²) in [6.45, 7) is 2.77. The van der Waals surface area contributed by atoms with E-state index in [1.54, 1.807) is 36.2 Å². The molecule has 0 bridgehead atoms. The zero-order chi connectivity index (χ0) is 17.6. The molecule has 1 aromatic carbocycles. The van der Waals surface area contributed by atoms with Crippen molar-refractivity contribution in [2.75, 3.05) is 6.61 Å². The highest BCUT2D eigenvalue weighted by Gasteiger charge is 2.17. The molecule has 0 spiro atoms. The Morgan fingerprint density at radius 2 is 2.08 bits per heavy atom. The Morgan fingerprint density at radius 1 is 1.28 bits per heavy atom. The normalized spacial score (nSPS) is 11.5. The maximum absolute atomic E-state index is 12.3. The quantitative estimate of drug-likeness (QED) is 0.513. The Labute approximate surface area is 146 Å². The smallest absolute Gasteiger partial charge is 0.341 e. The number of benzene rings is 1. The monoisotopic (exact) mass is 336 g/mol. The van der Waals surface area contributed by atoms with Crippen LogP contribution in [0.15, 0.2) is 55.1 Å². The van der Waals surface area contributed by atoms with Gasteiger partial charge in [0.15, 0.2) is 0 Å². The molecule has 6 nitrogen and oxygen atoms in total. The number of carbonyl (C=O) groups is 1. The molecule has 0 saturated heterocycles. The molecule has 2 heterocycles. The van der Waals surface area contributed by atoms with Crippen molar-refractivity contribution in [1.82, 2.24) is 19.3 Å². The second kappa shape index (κ2) is 7.61. The molecule has 0 radical (unpaired) electrons. The molecule has 25 heavy (non-hydrogen) atoms. The maximum Gasteiger partial charge on any atom is 0.341 e. The summed E-state index contributed by atoms with van der Waals surface area (Å²) >= 11 is 0. The van der Waals surface area contributed by atoms with E-state index in [0.29, 0.717) is 24.5 Å². The van der Waals surface area contributed by atoms with Gasteiger partial charge in [0.05, 0.1) is 19.3 Å². The van der Waals surface area contributed by atoms with E-state index in [0.717, 1.165) is 11.1 Å². The Morgan fingerprint density at radius 3 is 2.76 bits per heavy atom. The van der Waals surface area contributed by atoms with Crippen LogP contribution in [-0.4, -0.2) is 31.9 Å². The van der Waals surface area contributed by atoms with Gasteiger partial charge in [0.25, 0.3) is 0 Å². The van der Waals surface area contributed by atoms with E-state index in [4.69, 9.17) is 4.74 Å². The van der Waals surface area contributed by atoms with Crippen LogP contribution in [0, 0.1) is 0 Å². The molecule has 0 fully saturated rings. The average molecular weight is 336 g/mol. The van der Waals surface area contributed by atoms with Crippen molar-refractivity contribution in [3.05, 3.63) is 72.1 Å². The highest BCUT2D eigenvalue weighted by molar-refractivity contribution is 6.20. The predicted molar refractivity (Wildman–Crippen MR) is 95.5 cm³/mol. The number of hydrogen-bond acceptors (Lipinski definition) is 4. The average Bonchev–Trinajstić information content (AvgIpc) is 3.23. The first-order valence-corrected chi connectivity index (χ1v) is 8.10. The summed E-state index contributed by atoms with van der Waals surface area (Å²) in [5.74, 6) is 0.168. The summed E-state index contributed by atoms with van der Waals surface area (Å²) in [7, 11) is 1.84. The lowest BCUT2D eigenvalue weighted by atomic mass is 10.2. The van der Waals surface area contributed by atoms with Crippen LogP contribution >= 0.6 is 0 Å². The van der Waals surface area contributed by atoms with Gasteiger partial charge in [-0.3, -0.25) is 4.68 Å². The molecule has 0 unspecified atom stereocenters. The topological polar surface area (TPSA) is 61.9 Å². The van der Waals surface area contributed by atoms with Crippen molar-refractivity contribution in [3.8, 4) is 0 Å². The van der Waals surface area contributed by atoms with E-state index in [1.807, 2.05) is 36.1 Å². The number of aryl methyl sites for hydroxylation is 1. The van der Waals surface area contributed by atoms with Gasteiger partial charge in [-0.15, -0.1) is 0 Å². The van der Waals surface area contributed by atoms with Gasteiger partial charge in [-0.05, 0) is 18.6 Å². The van der Waals surface area contributed by atoms with Gasteiger partial charge >= 0.3 is 5.97 Å². The standard InChI is InChI=1S/C19H20N4O2/c1-3-25-19(24)17(18-20-9-10-22(18)2)11-16-12-21-23(14-16)13-15-7-5-4-6-8-15/h4-12,14H,3,13H2,1-2H3/b17-11+. The van der Waals surface area contributed by atoms with Crippen molar-refractivity contribution < 1.29 is 9.53 Å². The number of esters is 1. The fourth-order valence-corrected chi connectivity index (χ4v) is 2.53. The number of imidazole rings is 1. The van der Waals surface area contributed by atoms with Gasteiger partial charge in [-0.2, -0.15) is 5.10 Å². The molecule has 6 heteroatoms. The van der Waals surface area contributed by atoms with Crippen molar-refractivity contribution in [2.45, 2.75) is 13.5 Å². The number of hydrogen-bond donors (Lipinski definition) is 0. The first kappa shape index (κ1) is 16.7. The number of aromatic nitrogens is 4. The van der Waals surface area contributed by atoms with Gasteiger partial charge in [0.2, 0.25) is 0 Å². The fourth-order valence-electron chi connectivity index (χ4n) is 2.53. The molecule has 128 valence electrons. The Kier molecular flexibility index (Phi) is 5.09. The third-order valence-electron chi connectivity index (χ3n) is 3.71. The molecule has 2 aromatic heterocycles. The summed E-state index contributed by atoms with van der Waals surface area (Å²) in [5.41, 5.74) is 2.39. The largest absolute Gasteiger partial charge is 0.462 e. The number of carbonyl (C=O) groups excluding carboxylic acids is 1. The van der Waals surface area contributed by atoms with Gasteiger partial charge in [0, 0.05) is 31.2 Å². The Hall–Kier alpha value is -3.15. The van der Waals surface area contributed by atoms with Gasteiger partial charge in [-0.25, -0.2) is 9.78 Å². The number of ether oxygens (including phenoxy) is 1. The summed E-state index contributed by atoms with van der Waals surface area (Å²) in [6, 6.07) is 10.1. The summed E-state index contributed by atoms with van der Waals surface area (Å²) in [5, 5.41) is 4.37. The van der Waals surface area contributed by atoms with E-state index in [-0.39, 0.29) is 0 Å². The zero-order valence-corrected chi connectivity index (χ0v) is 14.3. The van der Waals surface area contributed by atoms with E-state index in [9.17, 15) is 4.79 Å². The lowest BCUT2D eigenvalue weighted by Crippen LogP contribution is -2.10. The van der Waals surface area contributed by atoms with Crippen molar-refractivity contribution in [2.24, 2.45) is 7.05 Å². The van der Waals surface area contributed by atoms with E-state index >= 15 is 0 Å². The van der Waals surface area contributed by atoms with Gasteiger partial charge < -0.3 is 9.30 Å².